The van der Waals surface area contributed by atoms with Gasteiger partial charge in [-0.1, -0.05) is 18.6 Å². The third kappa shape index (κ3) is 1.34. The molecule has 3 atom stereocenters. The summed E-state index contributed by atoms with van der Waals surface area (Å²) in [5, 5.41) is 0. The molecule has 0 radical (unpaired) electrons. The van der Waals surface area contributed by atoms with E-state index in [0.29, 0.717) is 17.6 Å². The number of hydrogen-bond acceptors (Lipinski definition) is 1. The van der Waals surface area contributed by atoms with Crippen LogP contribution in [0.1, 0.15) is 39.5 Å². The fourth-order valence-electron chi connectivity index (χ4n) is 3.15. The quantitative estimate of drug-likeness (QED) is 0.594. The molecule has 72 valence electrons. The molecule has 2 aliphatic rings. The van der Waals surface area contributed by atoms with Crippen molar-refractivity contribution in [3.8, 4) is 0 Å². The van der Waals surface area contributed by atoms with Crippen LogP contribution in [0.15, 0.2) is 11.6 Å². The molecule has 0 aromatic rings. The van der Waals surface area contributed by atoms with Crippen molar-refractivity contribution < 1.29 is 4.79 Å². The zero-order valence-corrected chi connectivity index (χ0v) is 8.55. The minimum atomic E-state index is 0.384. The van der Waals surface area contributed by atoms with E-state index in [0.717, 1.165) is 12.3 Å². The monoisotopic (exact) mass is 178 g/mol. The number of carbonyl (C=O) groups excluding carboxylic acids is 1. The molecular weight excluding hydrogens is 160 g/mol. The largest absolute Gasteiger partial charge is 0.299 e. The van der Waals surface area contributed by atoms with Gasteiger partial charge in [-0.3, -0.25) is 4.79 Å². The van der Waals surface area contributed by atoms with Crippen LogP contribution in [0.3, 0.4) is 0 Å². The fourth-order valence-corrected chi connectivity index (χ4v) is 3.15. The van der Waals surface area contributed by atoms with Gasteiger partial charge in [0.1, 0.15) is 5.78 Å². The second-order valence-corrected chi connectivity index (χ2v) is 4.44. The third-order valence-corrected chi connectivity index (χ3v) is 3.79. The standard InChI is InChI=1S/C12H18O/c1-3-9-5-8-6-10(9)11(7-8)12(13)4-2/h3,8,10-11H,4-7H2,1-2H3. The van der Waals surface area contributed by atoms with E-state index in [1.807, 2.05) is 6.92 Å². The second kappa shape index (κ2) is 3.28. The van der Waals surface area contributed by atoms with E-state index in [2.05, 4.69) is 13.0 Å². The van der Waals surface area contributed by atoms with Crippen molar-refractivity contribution in [3.05, 3.63) is 11.6 Å². The van der Waals surface area contributed by atoms with Crippen molar-refractivity contribution >= 4 is 5.78 Å². The number of Topliss-reactive ketones (excluding diaryl/α,β-unsaturated/α-hetero) is 1. The van der Waals surface area contributed by atoms with Gasteiger partial charge >= 0.3 is 0 Å². The summed E-state index contributed by atoms with van der Waals surface area (Å²) < 4.78 is 0. The summed E-state index contributed by atoms with van der Waals surface area (Å²) in [7, 11) is 0. The number of ketones is 1. The van der Waals surface area contributed by atoms with Crippen LogP contribution in [0.25, 0.3) is 0 Å². The molecule has 1 nitrogen and oxygen atoms in total. The first-order valence-corrected chi connectivity index (χ1v) is 5.44. The highest BCUT2D eigenvalue weighted by Crippen LogP contribution is 2.51. The van der Waals surface area contributed by atoms with E-state index in [1.165, 1.54) is 19.3 Å². The molecule has 0 saturated heterocycles. The van der Waals surface area contributed by atoms with E-state index >= 15 is 0 Å². The summed E-state index contributed by atoms with van der Waals surface area (Å²) in [5.74, 6) is 2.33. The first kappa shape index (κ1) is 8.98. The summed E-state index contributed by atoms with van der Waals surface area (Å²) in [6.07, 6.45) is 6.70. The van der Waals surface area contributed by atoms with Crippen LogP contribution in [-0.2, 0) is 4.79 Å². The molecule has 0 heterocycles. The Balaban J connectivity index is 2.14. The van der Waals surface area contributed by atoms with Crippen LogP contribution in [0, 0.1) is 17.8 Å². The van der Waals surface area contributed by atoms with Gasteiger partial charge in [-0.2, -0.15) is 0 Å². The molecular formula is C12H18O. The highest BCUT2D eigenvalue weighted by atomic mass is 16.1. The lowest BCUT2D eigenvalue weighted by atomic mass is 9.81. The second-order valence-electron chi connectivity index (χ2n) is 4.44. The maximum absolute atomic E-state index is 11.6. The Bertz CT molecular complexity index is 252. The van der Waals surface area contributed by atoms with Gasteiger partial charge in [0.15, 0.2) is 0 Å². The Morgan fingerprint density at radius 3 is 2.85 bits per heavy atom. The van der Waals surface area contributed by atoms with Crippen molar-refractivity contribution in [3.63, 3.8) is 0 Å². The Hall–Kier alpha value is -0.590. The normalized spacial score (nSPS) is 40.2. The van der Waals surface area contributed by atoms with Crippen LogP contribution in [-0.4, -0.2) is 5.78 Å². The Labute approximate surface area is 80.2 Å². The molecule has 2 rings (SSSR count). The Morgan fingerprint density at radius 2 is 2.31 bits per heavy atom. The molecule has 3 unspecified atom stereocenters. The molecule has 0 aromatic carbocycles. The van der Waals surface area contributed by atoms with Crippen LogP contribution in [0.5, 0.6) is 0 Å². The predicted octanol–water partition coefficient (Wildman–Crippen LogP) is 2.96. The number of carbonyl (C=O) groups is 1. The minimum Gasteiger partial charge on any atom is -0.299 e. The third-order valence-electron chi connectivity index (χ3n) is 3.79. The molecule has 0 aliphatic heterocycles. The predicted molar refractivity (Wildman–Crippen MR) is 53.4 cm³/mol. The number of allylic oxidation sites excluding steroid dienone is 2. The van der Waals surface area contributed by atoms with Gasteiger partial charge in [0.05, 0.1) is 0 Å². The SMILES string of the molecule is CC=C1CC2CC(C(=O)CC)C1C2. The summed E-state index contributed by atoms with van der Waals surface area (Å²) in [5.41, 5.74) is 1.56. The van der Waals surface area contributed by atoms with Gasteiger partial charge in [0.25, 0.3) is 0 Å². The van der Waals surface area contributed by atoms with Crippen molar-refractivity contribution in [2.24, 2.45) is 17.8 Å². The van der Waals surface area contributed by atoms with Crippen LogP contribution < -0.4 is 0 Å². The molecule has 2 fully saturated rings. The van der Waals surface area contributed by atoms with E-state index in [9.17, 15) is 4.79 Å². The smallest absolute Gasteiger partial charge is 0.136 e. The highest BCUT2D eigenvalue weighted by Gasteiger charge is 2.44. The zero-order valence-electron chi connectivity index (χ0n) is 8.55. The highest BCUT2D eigenvalue weighted by molar-refractivity contribution is 5.82. The average molecular weight is 178 g/mol. The molecule has 0 N–H and O–H groups in total. The molecule has 2 aliphatic carbocycles. The Kier molecular flexibility index (Phi) is 2.27. The summed E-state index contributed by atoms with van der Waals surface area (Å²) in [6, 6.07) is 0. The van der Waals surface area contributed by atoms with Gasteiger partial charge in [-0.25, -0.2) is 0 Å². The van der Waals surface area contributed by atoms with E-state index in [1.54, 1.807) is 5.57 Å². The topological polar surface area (TPSA) is 17.1 Å². The van der Waals surface area contributed by atoms with Gasteiger partial charge < -0.3 is 0 Å². The van der Waals surface area contributed by atoms with Crippen LogP contribution in [0.4, 0.5) is 0 Å². The molecule has 2 bridgehead atoms. The number of hydrogen-bond donors (Lipinski definition) is 0. The lowest BCUT2D eigenvalue weighted by Gasteiger charge is -2.22. The van der Waals surface area contributed by atoms with E-state index in [-0.39, 0.29) is 0 Å². The van der Waals surface area contributed by atoms with E-state index in [4.69, 9.17) is 0 Å². The van der Waals surface area contributed by atoms with Gasteiger partial charge in [0.2, 0.25) is 0 Å². The van der Waals surface area contributed by atoms with Gasteiger partial charge in [-0.15, -0.1) is 0 Å². The van der Waals surface area contributed by atoms with Crippen LogP contribution >= 0.6 is 0 Å². The van der Waals surface area contributed by atoms with E-state index < -0.39 is 0 Å². The summed E-state index contributed by atoms with van der Waals surface area (Å²) >= 11 is 0. The van der Waals surface area contributed by atoms with Crippen LogP contribution in [0.2, 0.25) is 0 Å². The molecule has 0 amide bonds. The lowest BCUT2D eigenvalue weighted by Crippen LogP contribution is -2.21. The average Bonchev–Trinajstić information content (AvgIpc) is 2.74. The molecule has 0 spiro atoms. The van der Waals surface area contributed by atoms with Crippen molar-refractivity contribution in [1.29, 1.82) is 0 Å². The number of rotatable bonds is 2. The first-order chi connectivity index (χ1) is 6.26. The Morgan fingerprint density at radius 1 is 1.54 bits per heavy atom. The molecule has 2 saturated carbocycles. The maximum Gasteiger partial charge on any atom is 0.136 e. The summed E-state index contributed by atoms with van der Waals surface area (Å²) in [4.78, 5) is 11.6. The molecule has 13 heavy (non-hydrogen) atoms. The number of fused-ring (bicyclic) bond motifs is 2. The van der Waals surface area contributed by atoms with Crippen molar-refractivity contribution in [2.75, 3.05) is 0 Å². The summed E-state index contributed by atoms with van der Waals surface area (Å²) in [6.45, 7) is 4.10. The van der Waals surface area contributed by atoms with Gasteiger partial charge in [-0.05, 0) is 38.0 Å². The zero-order chi connectivity index (χ0) is 9.42. The van der Waals surface area contributed by atoms with Crippen molar-refractivity contribution in [1.82, 2.24) is 0 Å². The lowest BCUT2D eigenvalue weighted by molar-refractivity contribution is -0.123. The fraction of sp³-hybridized carbons (Fsp3) is 0.750. The molecule has 1 heteroatoms. The minimum absolute atomic E-state index is 0.384. The first-order valence-electron chi connectivity index (χ1n) is 5.44. The maximum atomic E-state index is 11.6. The van der Waals surface area contributed by atoms with Gasteiger partial charge in [0, 0.05) is 12.3 Å². The van der Waals surface area contributed by atoms with Crippen molar-refractivity contribution in [2.45, 2.75) is 39.5 Å². The molecule has 0 aromatic heterocycles.